The summed E-state index contributed by atoms with van der Waals surface area (Å²) in [6.07, 6.45) is 0. The van der Waals surface area contributed by atoms with Gasteiger partial charge in [0.05, 0.1) is 0 Å². The molecular formula is C102H60BiCl4N3O2. The first-order valence-electron chi connectivity index (χ1n) is 38.3. The molecule has 0 N–H and O–H groups in total. The number of fused-ring (bicyclic) bond motifs is 31. The van der Waals surface area contributed by atoms with Crippen molar-refractivity contribution in [3.8, 4) is 78.3 Å². The average molecular weight is 1710 g/mol. The molecule has 0 radical (unpaired) electrons. The molecule has 10 heteroatoms. The van der Waals surface area contributed by atoms with E-state index in [2.05, 4.69) is 345 Å². The maximum absolute atomic E-state index is 8.79. The molecule has 5 nitrogen and oxygen atoms in total. The molecule has 0 amide bonds. The van der Waals surface area contributed by atoms with Crippen molar-refractivity contribution in [2.75, 3.05) is 14.7 Å². The van der Waals surface area contributed by atoms with Crippen molar-refractivity contribution in [2.24, 2.45) is 0 Å². The standard InChI is InChI=1S/C96H60N3.C6H2Cl4O2.Bi/c1-58-46-64-52-65(47-58)98(62-41-44-80-77-29-11-20-38-89(77)95(92(80)56-62)84-33-15-6-24-72(84)73-25-7-16-34-85(73)95)67-49-60(3)51-69(54-67)99(63-42-45-81-78-30-12-21-39-90(78)96(93(81)57-63)86-35-17-8-26-74(86)75-27-9-18-36-87(75)96)68-50-59(2)48-66(53-68)97(64)61-40-43-79-76-28-10-19-37-88(76)94(91(79)55-61)82-31-13-4-22-70(82)71-23-5-14-32-83(71)94;7-1-2(8)4(10)6(12)5(11)3(1)9;/h4-51,55-57H,1-3H3;11-12H;/q;;+2/p-2. The fourth-order valence-corrected chi connectivity index (χ4v) is 46.9. The van der Waals surface area contributed by atoms with Gasteiger partial charge in [-0.25, -0.2) is 0 Å². The molecular weight excluding hydrogens is 1650 g/mol. The van der Waals surface area contributed by atoms with Gasteiger partial charge in [0.1, 0.15) is 0 Å². The summed E-state index contributed by atoms with van der Waals surface area (Å²) in [6, 6.07) is 118. The van der Waals surface area contributed by atoms with Crippen LogP contribution in [0.4, 0.5) is 51.2 Å². The first-order valence-corrected chi connectivity index (χ1v) is 47.9. The van der Waals surface area contributed by atoms with Crippen LogP contribution < -0.4 is 30.1 Å². The summed E-state index contributed by atoms with van der Waals surface area (Å²) in [5, 5.41) is 0.467. The number of hydrogen-bond donors (Lipinski definition) is 0. The minimum absolute atomic E-state index is 0.0945. The second-order valence-electron chi connectivity index (χ2n) is 31.9. The molecule has 16 aromatic carbocycles. The predicted octanol–water partition coefficient (Wildman–Crippen LogP) is 25.5. The van der Waals surface area contributed by atoms with Crippen LogP contribution in [0.3, 0.4) is 0 Å². The molecule has 0 unspecified atom stereocenters. The van der Waals surface area contributed by atoms with Crippen molar-refractivity contribution < 1.29 is 5.63 Å². The van der Waals surface area contributed by atoms with Crippen LogP contribution in [-0.2, 0) is 16.2 Å². The van der Waals surface area contributed by atoms with Crippen LogP contribution in [0.5, 0.6) is 11.5 Å². The van der Waals surface area contributed by atoms with E-state index in [0.29, 0.717) is 0 Å². The van der Waals surface area contributed by atoms with E-state index in [1.165, 1.54) is 134 Å². The van der Waals surface area contributed by atoms with Gasteiger partial charge >= 0.3 is 676 Å². The number of aryl methyl sites for hydroxylation is 3. The molecule has 10 aliphatic rings. The molecule has 0 atom stereocenters. The Morgan fingerprint density at radius 2 is 0.411 bits per heavy atom. The van der Waals surface area contributed by atoms with Gasteiger partial charge < -0.3 is 0 Å². The Balaban J connectivity index is 0.819. The van der Waals surface area contributed by atoms with Crippen molar-refractivity contribution >= 4 is 127 Å². The first-order chi connectivity index (χ1) is 54.9. The second-order valence-corrected chi connectivity index (χ2v) is 47.5. The van der Waals surface area contributed by atoms with Crippen molar-refractivity contribution in [2.45, 2.75) is 37.0 Å². The fraction of sp³-hybridized carbons (Fsp3) is 0.0588. The monoisotopic (exact) mass is 1710 g/mol. The Morgan fingerprint density at radius 1 is 0.223 bits per heavy atom. The Labute approximate surface area is 669 Å². The van der Waals surface area contributed by atoms with Gasteiger partial charge in [0, 0.05) is 0 Å². The van der Waals surface area contributed by atoms with Gasteiger partial charge in [-0.2, -0.15) is 0 Å². The van der Waals surface area contributed by atoms with Crippen LogP contribution in [0.2, 0.25) is 20.1 Å². The van der Waals surface area contributed by atoms with Crippen molar-refractivity contribution in [1.29, 1.82) is 0 Å². The molecule has 6 aliphatic carbocycles. The molecule has 16 aromatic rings. The van der Waals surface area contributed by atoms with E-state index >= 15 is 0 Å². The zero-order valence-electron chi connectivity index (χ0n) is 60.6. The van der Waals surface area contributed by atoms with Gasteiger partial charge in [-0.15, -0.1) is 0 Å². The summed E-state index contributed by atoms with van der Waals surface area (Å²) in [5.74, 6) is 0.554. The molecule has 0 saturated carbocycles. The second kappa shape index (κ2) is 21.2. The molecule has 0 aromatic heterocycles. The molecule has 0 saturated heterocycles. The number of anilines is 9. The summed E-state index contributed by atoms with van der Waals surface area (Å²) in [4.78, 5) is 7.69. The first kappa shape index (κ1) is 63.2. The molecule has 4 heterocycles. The third kappa shape index (κ3) is 6.98. The van der Waals surface area contributed by atoms with Crippen LogP contribution in [0, 0.1) is 20.8 Å². The normalized spacial score (nSPS) is 16.7. The molecule has 4 aliphatic heterocycles. The zero-order chi connectivity index (χ0) is 74.1. The van der Waals surface area contributed by atoms with Gasteiger partial charge in [0.2, 0.25) is 0 Å². The summed E-state index contributed by atoms with van der Waals surface area (Å²) in [7, 11) is 0. The SMILES string of the molecule is Cc1cc2[c]3c(c1)N(c1ccc4c(c1)C1(c5ccccc5-c5ccccc51)c1ccccc1-4)c1cc(C)cc4[c]1[Bi]31([O]c3c(Cl)c(Cl)c(Cl)c(Cl)c3[O]1)[c]1c(cc(C)cc1N4c1ccc3c(c1)C1(c4ccccc4-c4ccccc41)c1ccccc1-3)N2c1ccc2c(c1)C1(c3ccccc3-c3ccccc31)c1ccccc1-2. The number of halogens is 4. The van der Waals surface area contributed by atoms with Gasteiger partial charge in [0.25, 0.3) is 0 Å². The van der Waals surface area contributed by atoms with E-state index in [0.717, 1.165) is 77.7 Å². The Kier molecular flexibility index (Phi) is 12.0. The summed E-state index contributed by atoms with van der Waals surface area (Å²) >= 11 is 23.5. The van der Waals surface area contributed by atoms with E-state index in [4.69, 9.17) is 52.0 Å². The summed E-state index contributed by atoms with van der Waals surface area (Å²) < 4.78 is 20.4. The number of hydrogen-bond acceptors (Lipinski definition) is 5. The van der Waals surface area contributed by atoms with Crippen LogP contribution in [-0.4, -0.2) is 19.7 Å². The van der Waals surface area contributed by atoms with Crippen LogP contribution in [0.15, 0.2) is 309 Å². The van der Waals surface area contributed by atoms with Gasteiger partial charge in [0.15, 0.2) is 0 Å². The Morgan fingerprint density at radius 3 is 0.616 bits per heavy atom. The maximum atomic E-state index is 8.79. The van der Waals surface area contributed by atoms with Crippen molar-refractivity contribution in [3.05, 3.63) is 413 Å². The average Bonchev–Trinajstić information content (AvgIpc) is 1.12. The van der Waals surface area contributed by atoms with E-state index < -0.39 is 35.9 Å². The molecule has 112 heavy (non-hydrogen) atoms. The van der Waals surface area contributed by atoms with Crippen LogP contribution in [0.1, 0.15) is 83.5 Å². The Hall–Kier alpha value is -11.4. The number of benzene rings is 16. The van der Waals surface area contributed by atoms with Gasteiger partial charge in [-0.1, -0.05) is 0 Å². The van der Waals surface area contributed by atoms with E-state index in [1.807, 2.05) is 0 Å². The Bertz CT molecular complexity index is 6300. The van der Waals surface area contributed by atoms with Crippen molar-refractivity contribution in [1.82, 2.24) is 0 Å². The molecule has 0 fully saturated rings. The van der Waals surface area contributed by atoms with E-state index in [9.17, 15) is 0 Å². The summed E-state index contributed by atoms with van der Waals surface area (Å²) in [6.45, 7) is 6.72. The topological polar surface area (TPSA) is 28.2 Å². The molecule has 0 bridgehead atoms. The summed E-state index contributed by atoms with van der Waals surface area (Å²) in [5.41, 5.74) is 39.4. The number of nitrogens with zero attached hydrogens (tertiary/aromatic N) is 3. The molecule has 26 rings (SSSR count). The zero-order valence-corrected chi connectivity index (χ0v) is 67.1. The minimum atomic E-state index is -7.10. The molecule has 4 spiro atoms. The van der Waals surface area contributed by atoms with E-state index in [-0.39, 0.29) is 31.6 Å². The molecule has 528 valence electrons. The van der Waals surface area contributed by atoms with Crippen LogP contribution in [0.25, 0.3) is 66.8 Å². The fourth-order valence-electron chi connectivity index (χ4n) is 23.1. The van der Waals surface area contributed by atoms with E-state index in [1.54, 1.807) is 0 Å². The van der Waals surface area contributed by atoms with Gasteiger partial charge in [-0.05, 0) is 0 Å². The van der Waals surface area contributed by atoms with Crippen molar-refractivity contribution in [3.63, 3.8) is 0 Å². The third-order valence-corrected chi connectivity index (χ3v) is 47.5. The third-order valence-electron chi connectivity index (χ3n) is 26.7. The quantitative estimate of drug-likeness (QED) is 0.0999. The van der Waals surface area contributed by atoms with Crippen LogP contribution >= 0.6 is 46.4 Å². The van der Waals surface area contributed by atoms with Gasteiger partial charge in [-0.3, -0.25) is 0 Å². The number of rotatable bonds is 3. The predicted molar refractivity (Wildman–Crippen MR) is 460 cm³/mol.